The number of aromatic nitrogens is 3. The molecule has 1 aromatic heterocycles. The molecule has 142 valence electrons. The Morgan fingerprint density at radius 2 is 1.69 bits per heavy atom. The van der Waals surface area contributed by atoms with Gasteiger partial charge in [-0.2, -0.15) is 10.5 Å². The lowest BCUT2D eigenvalue weighted by atomic mass is 10.1. The van der Waals surface area contributed by atoms with Crippen LogP contribution in [0.5, 0.6) is 0 Å². The van der Waals surface area contributed by atoms with Crippen LogP contribution >= 0.6 is 0 Å². The number of ether oxygens (including phenoxy) is 1. The second-order valence-electron chi connectivity index (χ2n) is 6.50. The van der Waals surface area contributed by atoms with Crippen molar-refractivity contribution in [2.24, 2.45) is 0 Å². The summed E-state index contributed by atoms with van der Waals surface area (Å²) in [6, 6.07) is 21.2. The Labute approximate surface area is 168 Å². The van der Waals surface area contributed by atoms with E-state index in [9.17, 15) is 5.26 Å². The van der Waals surface area contributed by atoms with Crippen LogP contribution in [-0.2, 0) is 4.74 Å². The van der Waals surface area contributed by atoms with Gasteiger partial charge in [0.2, 0.25) is 5.95 Å². The molecule has 0 saturated carbocycles. The minimum absolute atomic E-state index is 0.394. The second kappa shape index (κ2) is 8.39. The molecule has 2 heterocycles. The van der Waals surface area contributed by atoms with Gasteiger partial charge in [-0.1, -0.05) is 30.3 Å². The molecule has 0 radical (unpaired) electrons. The maximum Gasteiger partial charge on any atom is 0.232 e. The molecular weight excluding hydrogens is 364 g/mol. The first-order valence-corrected chi connectivity index (χ1v) is 9.26. The van der Waals surface area contributed by atoms with Crippen LogP contribution in [0.15, 0.2) is 54.6 Å². The molecule has 0 spiro atoms. The highest BCUT2D eigenvalue weighted by molar-refractivity contribution is 5.88. The Morgan fingerprint density at radius 1 is 0.966 bits per heavy atom. The molecule has 0 amide bonds. The lowest BCUT2D eigenvalue weighted by Gasteiger charge is -2.28. The maximum atomic E-state index is 9.85. The number of nitrogens with zero attached hydrogens (tertiary/aromatic N) is 6. The van der Waals surface area contributed by atoms with Gasteiger partial charge in [-0.3, -0.25) is 4.57 Å². The molecule has 0 bridgehead atoms. The SMILES string of the molecule is N#CC(=Cc1ccc(C#N)cc1)c1nnc(N2CCOCC2)n1-c1ccccc1. The Kier molecular flexibility index (Phi) is 5.33. The summed E-state index contributed by atoms with van der Waals surface area (Å²) in [4.78, 5) is 2.11. The fourth-order valence-corrected chi connectivity index (χ4v) is 3.20. The normalized spacial score (nSPS) is 14.3. The minimum Gasteiger partial charge on any atom is -0.378 e. The highest BCUT2D eigenvalue weighted by Gasteiger charge is 2.23. The number of hydrogen-bond acceptors (Lipinski definition) is 6. The zero-order valence-electron chi connectivity index (χ0n) is 15.7. The number of anilines is 1. The van der Waals surface area contributed by atoms with E-state index >= 15 is 0 Å². The van der Waals surface area contributed by atoms with E-state index in [2.05, 4.69) is 27.2 Å². The van der Waals surface area contributed by atoms with Crippen molar-refractivity contribution < 1.29 is 4.74 Å². The molecule has 3 aromatic rings. The number of hydrogen-bond donors (Lipinski definition) is 0. The van der Waals surface area contributed by atoms with Crippen LogP contribution in [0.3, 0.4) is 0 Å². The van der Waals surface area contributed by atoms with E-state index in [0.717, 1.165) is 11.3 Å². The van der Waals surface area contributed by atoms with Crippen molar-refractivity contribution in [1.82, 2.24) is 14.8 Å². The van der Waals surface area contributed by atoms with Crippen molar-refractivity contribution >= 4 is 17.6 Å². The lowest BCUT2D eigenvalue weighted by Crippen LogP contribution is -2.38. The van der Waals surface area contributed by atoms with Crippen LogP contribution in [0.25, 0.3) is 17.3 Å². The Morgan fingerprint density at radius 3 is 2.34 bits per heavy atom. The summed E-state index contributed by atoms with van der Waals surface area (Å²) < 4.78 is 7.36. The van der Waals surface area contributed by atoms with Gasteiger partial charge in [-0.25, -0.2) is 0 Å². The molecule has 1 saturated heterocycles. The Balaban J connectivity index is 1.81. The van der Waals surface area contributed by atoms with Gasteiger partial charge in [0.05, 0.1) is 36.1 Å². The number of rotatable bonds is 4. The van der Waals surface area contributed by atoms with Crippen LogP contribution in [0.4, 0.5) is 5.95 Å². The van der Waals surface area contributed by atoms with Gasteiger partial charge in [0.25, 0.3) is 0 Å². The molecule has 4 rings (SSSR count). The Hall–Kier alpha value is -3.94. The molecule has 1 aliphatic rings. The summed E-state index contributed by atoms with van der Waals surface area (Å²) in [7, 11) is 0. The highest BCUT2D eigenvalue weighted by Crippen LogP contribution is 2.26. The van der Waals surface area contributed by atoms with Crippen LogP contribution in [0.1, 0.15) is 17.0 Å². The van der Waals surface area contributed by atoms with E-state index < -0.39 is 0 Å². The van der Waals surface area contributed by atoms with E-state index in [1.807, 2.05) is 47.0 Å². The third-order valence-corrected chi connectivity index (χ3v) is 4.67. The predicted octanol–water partition coefficient (Wildman–Crippen LogP) is 3.04. The minimum atomic E-state index is 0.394. The van der Waals surface area contributed by atoms with Gasteiger partial charge in [0.15, 0.2) is 5.82 Å². The number of para-hydroxylation sites is 1. The van der Waals surface area contributed by atoms with Crippen molar-refractivity contribution in [3.8, 4) is 17.8 Å². The summed E-state index contributed by atoms with van der Waals surface area (Å²) in [5, 5.41) is 27.6. The maximum absolute atomic E-state index is 9.85. The molecule has 0 N–H and O–H groups in total. The quantitative estimate of drug-likeness (QED) is 0.644. The molecule has 7 nitrogen and oxygen atoms in total. The van der Waals surface area contributed by atoms with Gasteiger partial charge < -0.3 is 9.64 Å². The van der Waals surface area contributed by atoms with Gasteiger partial charge >= 0.3 is 0 Å². The molecule has 0 atom stereocenters. The largest absolute Gasteiger partial charge is 0.378 e. The molecule has 7 heteroatoms. The molecule has 2 aromatic carbocycles. The number of benzene rings is 2. The van der Waals surface area contributed by atoms with Gasteiger partial charge in [-0.15, -0.1) is 10.2 Å². The topological polar surface area (TPSA) is 90.8 Å². The van der Waals surface area contributed by atoms with E-state index in [1.165, 1.54) is 0 Å². The first-order chi connectivity index (χ1) is 14.3. The lowest BCUT2D eigenvalue weighted by molar-refractivity contribution is 0.122. The van der Waals surface area contributed by atoms with Crippen molar-refractivity contribution in [2.75, 3.05) is 31.2 Å². The molecule has 1 fully saturated rings. The van der Waals surface area contributed by atoms with Gasteiger partial charge in [0.1, 0.15) is 6.07 Å². The molecule has 29 heavy (non-hydrogen) atoms. The molecular formula is C22H18N6O. The third kappa shape index (κ3) is 3.86. The van der Waals surface area contributed by atoms with Crippen molar-refractivity contribution in [1.29, 1.82) is 10.5 Å². The van der Waals surface area contributed by atoms with E-state index in [1.54, 1.807) is 18.2 Å². The average molecular weight is 382 g/mol. The average Bonchev–Trinajstić information content (AvgIpc) is 3.24. The van der Waals surface area contributed by atoms with Crippen LogP contribution in [0.2, 0.25) is 0 Å². The first-order valence-electron chi connectivity index (χ1n) is 9.26. The predicted molar refractivity (Wildman–Crippen MR) is 109 cm³/mol. The summed E-state index contributed by atoms with van der Waals surface area (Å²) in [5.41, 5.74) is 2.67. The molecule has 0 unspecified atom stereocenters. The van der Waals surface area contributed by atoms with Crippen LogP contribution in [-0.4, -0.2) is 41.1 Å². The smallest absolute Gasteiger partial charge is 0.232 e. The third-order valence-electron chi connectivity index (χ3n) is 4.67. The Bertz CT molecular complexity index is 1100. The monoisotopic (exact) mass is 382 g/mol. The summed E-state index contributed by atoms with van der Waals surface area (Å²) in [5.74, 6) is 1.17. The van der Waals surface area contributed by atoms with E-state index in [0.29, 0.717) is 49.2 Å². The van der Waals surface area contributed by atoms with Crippen LogP contribution < -0.4 is 4.90 Å². The highest BCUT2D eigenvalue weighted by atomic mass is 16.5. The number of morpholine rings is 1. The zero-order chi connectivity index (χ0) is 20.1. The van der Waals surface area contributed by atoms with Crippen molar-refractivity contribution in [3.63, 3.8) is 0 Å². The number of allylic oxidation sites excluding steroid dienone is 1. The van der Waals surface area contributed by atoms with Gasteiger partial charge in [-0.05, 0) is 35.9 Å². The molecule has 0 aliphatic carbocycles. The standard InChI is InChI=1S/C22H18N6O/c23-15-18-8-6-17(7-9-18)14-19(16-24)21-25-26-22(27-10-12-29-13-11-27)28(21)20-4-2-1-3-5-20/h1-9,14H,10-13H2. The van der Waals surface area contributed by atoms with Gasteiger partial charge in [0, 0.05) is 13.1 Å². The summed E-state index contributed by atoms with van der Waals surface area (Å²) >= 11 is 0. The van der Waals surface area contributed by atoms with E-state index in [-0.39, 0.29) is 0 Å². The fraction of sp³-hybridized carbons (Fsp3) is 0.182. The van der Waals surface area contributed by atoms with Crippen LogP contribution in [0, 0.1) is 22.7 Å². The molecule has 1 aliphatic heterocycles. The first kappa shape index (κ1) is 18.4. The zero-order valence-corrected chi connectivity index (χ0v) is 15.7. The summed E-state index contributed by atoms with van der Waals surface area (Å²) in [6.07, 6.45) is 1.76. The summed E-state index contributed by atoms with van der Waals surface area (Å²) in [6.45, 7) is 2.69. The fourth-order valence-electron chi connectivity index (χ4n) is 3.20. The second-order valence-corrected chi connectivity index (χ2v) is 6.50. The van der Waals surface area contributed by atoms with Crippen molar-refractivity contribution in [2.45, 2.75) is 0 Å². The number of nitriles is 2. The van der Waals surface area contributed by atoms with Crippen molar-refractivity contribution in [3.05, 3.63) is 71.5 Å². The van der Waals surface area contributed by atoms with E-state index in [4.69, 9.17) is 10.00 Å².